The van der Waals surface area contributed by atoms with Crippen molar-refractivity contribution >= 4 is 21.8 Å². The van der Waals surface area contributed by atoms with E-state index in [1.165, 1.54) is 0 Å². The number of fused-ring (bicyclic) bond motifs is 1. The Balaban J connectivity index is 1.55. The van der Waals surface area contributed by atoms with E-state index in [4.69, 9.17) is 19.3 Å². The van der Waals surface area contributed by atoms with Gasteiger partial charge in [0, 0.05) is 29.2 Å². The predicted molar refractivity (Wildman–Crippen MR) is 145 cm³/mol. The first-order chi connectivity index (χ1) is 17.9. The summed E-state index contributed by atoms with van der Waals surface area (Å²) in [6.45, 7) is 0.534. The minimum absolute atomic E-state index is 0.0295. The fourth-order valence-electron chi connectivity index (χ4n) is 4.93. The highest BCUT2D eigenvalue weighted by atomic mass is 79.9. The second-order valence-corrected chi connectivity index (χ2v) is 9.77. The third-order valence-electron chi connectivity index (χ3n) is 6.77. The second kappa shape index (κ2) is 10.3. The van der Waals surface area contributed by atoms with Gasteiger partial charge in [-0.15, -0.1) is 0 Å². The standard InChI is InChI=1S/C29H28BrN3O4/c1-32-28-25(26(31-32)19-8-12-22(35-2)13-9-19)27(20-6-10-21(30)11-7-20)33(29(28)34)16-15-18-5-14-23(36-3)24(17-18)37-4/h5-14,17,27H,15-16H2,1-4H3/t27-/m0/s1. The van der Waals surface area contributed by atoms with E-state index >= 15 is 0 Å². The number of hydrogen-bond acceptors (Lipinski definition) is 5. The summed E-state index contributed by atoms with van der Waals surface area (Å²) < 4.78 is 18.9. The van der Waals surface area contributed by atoms with Crippen molar-refractivity contribution in [3.8, 4) is 28.5 Å². The Morgan fingerprint density at radius 1 is 0.892 bits per heavy atom. The highest BCUT2D eigenvalue weighted by Crippen LogP contribution is 2.44. The van der Waals surface area contributed by atoms with Gasteiger partial charge in [0.25, 0.3) is 5.91 Å². The van der Waals surface area contributed by atoms with Crippen molar-refractivity contribution in [1.82, 2.24) is 14.7 Å². The van der Waals surface area contributed by atoms with Gasteiger partial charge in [-0.05, 0) is 66.1 Å². The maximum atomic E-state index is 13.8. The maximum absolute atomic E-state index is 13.8. The number of aryl methyl sites for hydroxylation is 1. The number of amides is 1. The minimum Gasteiger partial charge on any atom is -0.497 e. The zero-order valence-electron chi connectivity index (χ0n) is 21.2. The van der Waals surface area contributed by atoms with Crippen molar-refractivity contribution in [2.75, 3.05) is 27.9 Å². The van der Waals surface area contributed by atoms with Crippen LogP contribution in [0.4, 0.5) is 0 Å². The van der Waals surface area contributed by atoms with E-state index in [9.17, 15) is 4.79 Å². The van der Waals surface area contributed by atoms with E-state index in [2.05, 4.69) is 28.1 Å². The minimum atomic E-state index is -0.262. The Labute approximate surface area is 224 Å². The third-order valence-corrected chi connectivity index (χ3v) is 7.30. The first kappa shape index (κ1) is 24.9. The molecule has 5 rings (SSSR count). The molecular formula is C29H28BrN3O4. The summed E-state index contributed by atoms with van der Waals surface area (Å²) in [4.78, 5) is 15.8. The number of halogens is 1. The second-order valence-electron chi connectivity index (χ2n) is 8.85. The molecule has 0 bridgehead atoms. The lowest BCUT2D eigenvalue weighted by molar-refractivity contribution is 0.0742. The van der Waals surface area contributed by atoms with Gasteiger partial charge in [0.15, 0.2) is 11.5 Å². The van der Waals surface area contributed by atoms with Crippen molar-refractivity contribution < 1.29 is 19.0 Å². The molecule has 0 radical (unpaired) electrons. The summed E-state index contributed by atoms with van der Waals surface area (Å²) in [5.41, 5.74) is 5.37. The first-order valence-electron chi connectivity index (χ1n) is 11.9. The zero-order chi connectivity index (χ0) is 26.1. The van der Waals surface area contributed by atoms with Gasteiger partial charge < -0.3 is 19.1 Å². The molecule has 7 nitrogen and oxygen atoms in total. The number of carbonyl (C=O) groups is 1. The van der Waals surface area contributed by atoms with Gasteiger partial charge in [0.2, 0.25) is 0 Å². The van der Waals surface area contributed by atoms with Crippen LogP contribution in [0.1, 0.15) is 33.2 Å². The lowest BCUT2D eigenvalue weighted by atomic mass is 9.96. The monoisotopic (exact) mass is 561 g/mol. The van der Waals surface area contributed by atoms with E-state index in [0.717, 1.165) is 38.2 Å². The zero-order valence-corrected chi connectivity index (χ0v) is 22.8. The van der Waals surface area contributed by atoms with E-state index in [1.54, 1.807) is 26.0 Å². The Hall–Kier alpha value is -3.78. The van der Waals surface area contributed by atoms with Gasteiger partial charge in [-0.1, -0.05) is 34.1 Å². The molecule has 0 aliphatic carbocycles. The molecule has 0 saturated heterocycles. The highest BCUT2D eigenvalue weighted by Gasteiger charge is 2.43. The molecule has 0 unspecified atom stereocenters. The first-order valence-corrected chi connectivity index (χ1v) is 12.7. The molecule has 1 atom stereocenters. The molecule has 37 heavy (non-hydrogen) atoms. The fourth-order valence-corrected chi connectivity index (χ4v) is 5.20. The van der Waals surface area contributed by atoms with Crippen LogP contribution in [0.25, 0.3) is 11.3 Å². The number of aromatic nitrogens is 2. The van der Waals surface area contributed by atoms with Gasteiger partial charge in [-0.25, -0.2) is 0 Å². The summed E-state index contributed by atoms with van der Waals surface area (Å²) in [6.07, 6.45) is 0.665. The summed E-state index contributed by atoms with van der Waals surface area (Å²) >= 11 is 3.54. The number of nitrogens with zero attached hydrogens (tertiary/aromatic N) is 3. The van der Waals surface area contributed by atoms with Crippen LogP contribution in [0.15, 0.2) is 71.2 Å². The van der Waals surface area contributed by atoms with Gasteiger partial charge in [-0.3, -0.25) is 9.48 Å². The Morgan fingerprint density at radius 2 is 1.59 bits per heavy atom. The van der Waals surface area contributed by atoms with Crippen LogP contribution in [0.2, 0.25) is 0 Å². The molecule has 0 spiro atoms. The largest absolute Gasteiger partial charge is 0.497 e. The third kappa shape index (κ3) is 4.57. The van der Waals surface area contributed by atoms with Crippen LogP contribution in [-0.4, -0.2) is 48.5 Å². The molecule has 190 valence electrons. The molecular weight excluding hydrogens is 534 g/mol. The van der Waals surface area contributed by atoms with Crippen LogP contribution < -0.4 is 14.2 Å². The molecule has 2 heterocycles. The highest BCUT2D eigenvalue weighted by molar-refractivity contribution is 9.10. The molecule has 1 aliphatic heterocycles. The van der Waals surface area contributed by atoms with Crippen molar-refractivity contribution in [2.24, 2.45) is 7.05 Å². The van der Waals surface area contributed by atoms with Gasteiger partial charge in [-0.2, -0.15) is 5.10 Å². The molecule has 0 fully saturated rings. The lowest BCUT2D eigenvalue weighted by Gasteiger charge is -2.27. The van der Waals surface area contributed by atoms with Crippen LogP contribution in [0.3, 0.4) is 0 Å². The number of methoxy groups -OCH3 is 3. The maximum Gasteiger partial charge on any atom is 0.273 e. The van der Waals surface area contributed by atoms with E-state index in [1.807, 2.05) is 66.5 Å². The Kier molecular flexibility index (Phi) is 6.93. The summed E-state index contributed by atoms with van der Waals surface area (Å²) in [5.74, 6) is 2.09. The summed E-state index contributed by atoms with van der Waals surface area (Å²) in [6, 6.07) is 21.5. The predicted octanol–water partition coefficient (Wildman–Crippen LogP) is 5.66. The molecule has 3 aromatic carbocycles. The van der Waals surface area contributed by atoms with Gasteiger partial charge in [0.05, 0.1) is 33.1 Å². The lowest BCUT2D eigenvalue weighted by Crippen LogP contribution is -2.32. The Morgan fingerprint density at radius 3 is 2.24 bits per heavy atom. The SMILES string of the molecule is COc1ccc(-c2nn(C)c3c2[C@H](c2ccc(Br)cc2)N(CCc2ccc(OC)c(OC)c2)C3=O)cc1. The quantitative estimate of drug-likeness (QED) is 0.277. The number of benzene rings is 3. The van der Waals surface area contributed by atoms with Crippen LogP contribution in [0.5, 0.6) is 17.2 Å². The van der Waals surface area contributed by atoms with Crippen LogP contribution >= 0.6 is 15.9 Å². The molecule has 0 N–H and O–H groups in total. The van der Waals surface area contributed by atoms with E-state index in [-0.39, 0.29) is 11.9 Å². The molecule has 4 aromatic rings. The summed E-state index contributed by atoms with van der Waals surface area (Å²) in [7, 11) is 6.72. The Bertz CT molecular complexity index is 1430. The smallest absolute Gasteiger partial charge is 0.273 e. The summed E-state index contributed by atoms with van der Waals surface area (Å²) in [5, 5.41) is 4.78. The molecule has 1 aromatic heterocycles. The van der Waals surface area contributed by atoms with Crippen molar-refractivity contribution in [3.63, 3.8) is 0 Å². The van der Waals surface area contributed by atoms with Gasteiger partial charge in [0.1, 0.15) is 11.4 Å². The van der Waals surface area contributed by atoms with Crippen LogP contribution in [0, 0.1) is 0 Å². The van der Waals surface area contributed by atoms with Crippen molar-refractivity contribution in [2.45, 2.75) is 12.5 Å². The average Bonchev–Trinajstić information content (AvgIpc) is 3.42. The van der Waals surface area contributed by atoms with Crippen molar-refractivity contribution in [1.29, 1.82) is 0 Å². The molecule has 1 aliphatic rings. The van der Waals surface area contributed by atoms with Crippen molar-refractivity contribution in [3.05, 3.63) is 93.6 Å². The topological polar surface area (TPSA) is 65.8 Å². The molecule has 8 heteroatoms. The van der Waals surface area contributed by atoms with E-state index < -0.39 is 0 Å². The van der Waals surface area contributed by atoms with Crippen LogP contribution in [-0.2, 0) is 13.5 Å². The number of rotatable bonds is 8. The molecule has 0 saturated carbocycles. The number of hydrogen-bond donors (Lipinski definition) is 0. The number of ether oxygens (including phenoxy) is 3. The normalized spacial score (nSPS) is 14.6. The van der Waals surface area contributed by atoms with Gasteiger partial charge >= 0.3 is 0 Å². The van der Waals surface area contributed by atoms with E-state index in [0.29, 0.717) is 30.2 Å². The fraction of sp³-hybridized carbons (Fsp3) is 0.241. The number of carbonyl (C=O) groups excluding carboxylic acids is 1. The molecule has 1 amide bonds. The average molecular weight is 562 g/mol.